The molecule has 0 unspecified atom stereocenters. The van der Waals surface area contributed by atoms with Gasteiger partial charge in [-0.1, -0.05) is 38.1 Å². The van der Waals surface area contributed by atoms with Gasteiger partial charge in [-0.25, -0.2) is 8.42 Å². The first kappa shape index (κ1) is 20.7. The first-order valence-electron chi connectivity index (χ1n) is 8.99. The number of hydrogen-bond donors (Lipinski definition) is 1. The van der Waals surface area contributed by atoms with Crippen molar-refractivity contribution in [1.29, 1.82) is 0 Å². The zero-order valence-electron chi connectivity index (χ0n) is 15.9. The molecular weight excluding hydrogens is 398 g/mol. The summed E-state index contributed by atoms with van der Waals surface area (Å²) < 4.78 is 31.9. The SMILES string of the molecule is COC(=O)[C@@H]1N[C@H](c2cccs2)[C@@H](C(=O)C(C)C)[C@@H]1S(=O)(=O)c1ccccc1. The largest absolute Gasteiger partial charge is 0.468 e. The van der Waals surface area contributed by atoms with E-state index in [-0.39, 0.29) is 16.6 Å². The molecule has 1 aliphatic heterocycles. The van der Waals surface area contributed by atoms with Crippen molar-refractivity contribution in [3.63, 3.8) is 0 Å². The van der Waals surface area contributed by atoms with Crippen LogP contribution in [0.1, 0.15) is 24.8 Å². The number of nitrogens with one attached hydrogen (secondary N) is 1. The number of carbonyl (C=O) groups is 2. The summed E-state index contributed by atoms with van der Waals surface area (Å²) in [6, 6.07) is 9.92. The van der Waals surface area contributed by atoms with E-state index < -0.39 is 39.1 Å². The second-order valence-corrected chi connectivity index (χ2v) is 10.2. The quantitative estimate of drug-likeness (QED) is 0.721. The average Bonchev–Trinajstić information content (AvgIpc) is 3.35. The molecule has 1 aromatic heterocycles. The third kappa shape index (κ3) is 3.64. The Balaban J connectivity index is 2.18. The highest BCUT2D eigenvalue weighted by Gasteiger charge is 2.56. The first-order valence-corrected chi connectivity index (χ1v) is 11.4. The van der Waals surface area contributed by atoms with Crippen molar-refractivity contribution in [2.24, 2.45) is 11.8 Å². The highest BCUT2D eigenvalue weighted by atomic mass is 32.2. The molecule has 0 aliphatic carbocycles. The number of ether oxygens (including phenoxy) is 1. The van der Waals surface area contributed by atoms with Crippen LogP contribution >= 0.6 is 11.3 Å². The van der Waals surface area contributed by atoms with E-state index >= 15 is 0 Å². The Labute approximate surface area is 168 Å². The molecule has 2 heterocycles. The lowest BCUT2D eigenvalue weighted by Gasteiger charge is -2.25. The number of sulfone groups is 1. The van der Waals surface area contributed by atoms with Gasteiger partial charge in [-0.2, -0.15) is 0 Å². The molecule has 0 saturated carbocycles. The maximum atomic E-state index is 13.5. The van der Waals surface area contributed by atoms with Gasteiger partial charge in [0.2, 0.25) is 0 Å². The van der Waals surface area contributed by atoms with Crippen molar-refractivity contribution < 1.29 is 22.7 Å². The van der Waals surface area contributed by atoms with Crippen molar-refractivity contribution >= 4 is 32.9 Å². The summed E-state index contributed by atoms with van der Waals surface area (Å²) in [6.07, 6.45) is 0. The molecule has 2 aromatic rings. The van der Waals surface area contributed by atoms with Crippen LogP contribution < -0.4 is 5.32 Å². The second kappa shape index (κ2) is 8.14. The summed E-state index contributed by atoms with van der Waals surface area (Å²) in [6.45, 7) is 3.48. The molecule has 28 heavy (non-hydrogen) atoms. The Kier molecular flexibility index (Phi) is 6.02. The molecule has 1 N–H and O–H groups in total. The summed E-state index contributed by atoms with van der Waals surface area (Å²) in [5.41, 5.74) is 0. The minimum Gasteiger partial charge on any atom is -0.468 e. The standard InChI is InChI=1S/C20H23NO5S2/c1-12(2)18(22)15-16(14-10-7-11-27-14)21-17(20(23)26-3)19(15)28(24,25)13-8-5-4-6-9-13/h4-12,15-17,19,21H,1-3H3/t15-,16+,17+,19-/m0/s1. The van der Waals surface area contributed by atoms with Crippen LogP contribution in [-0.4, -0.2) is 38.6 Å². The maximum Gasteiger partial charge on any atom is 0.324 e. The Hall–Kier alpha value is -2.03. The van der Waals surface area contributed by atoms with Gasteiger partial charge in [0.15, 0.2) is 9.84 Å². The van der Waals surface area contributed by atoms with Crippen LogP contribution in [0.5, 0.6) is 0 Å². The van der Waals surface area contributed by atoms with Crippen LogP contribution in [-0.2, 0) is 24.2 Å². The molecule has 4 atom stereocenters. The molecule has 0 bridgehead atoms. The van der Waals surface area contributed by atoms with Gasteiger partial charge < -0.3 is 4.74 Å². The zero-order chi connectivity index (χ0) is 20.5. The molecule has 3 rings (SSSR count). The van der Waals surface area contributed by atoms with Gasteiger partial charge in [0.1, 0.15) is 17.1 Å². The number of ketones is 1. The minimum atomic E-state index is -3.97. The van der Waals surface area contributed by atoms with Crippen molar-refractivity contribution in [3.05, 3.63) is 52.7 Å². The van der Waals surface area contributed by atoms with Gasteiger partial charge in [0.05, 0.1) is 24.0 Å². The summed E-state index contributed by atoms with van der Waals surface area (Å²) in [4.78, 5) is 26.5. The van der Waals surface area contributed by atoms with Gasteiger partial charge in [-0.3, -0.25) is 14.9 Å². The lowest BCUT2D eigenvalue weighted by Crippen LogP contribution is -2.46. The van der Waals surface area contributed by atoms with E-state index in [0.717, 1.165) is 4.88 Å². The predicted molar refractivity (Wildman–Crippen MR) is 107 cm³/mol. The van der Waals surface area contributed by atoms with E-state index in [4.69, 9.17) is 4.74 Å². The lowest BCUT2D eigenvalue weighted by atomic mass is 9.87. The van der Waals surface area contributed by atoms with Gasteiger partial charge in [-0.05, 0) is 23.6 Å². The van der Waals surface area contributed by atoms with Crippen LogP contribution in [0.2, 0.25) is 0 Å². The Bertz CT molecular complexity index is 938. The van der Waals surface area contributed by atoms with Crippen LogP contribution in [0.15, 0.2) is 52.7 Å². The van der Waals surface area contributed by atoms with Crippen LogP contribution in [0.4, 0.5) is 0 Å². The molecule has 1 aromatic carbocycles. The van der Waals surface area contributed by atoms with E-state index in [1.165, 1.54) is 30.6 Å². The first-order chi connectivity index (χ1) is 13.3. The van der Waals surface area contributed by atoms with Crippen molar-refractivity contribution in [2.45, 2.75) is 36.1 Å². The van der Waals surface area contributed by atoms with E-state index in [0.29, 0.717) is 0 Å². The van der Waals surface area contributed by atoms with Crippen molar-refractivity contribution in [3.8, 4) is 0 Å². The number of Topliss-reactive ketones (excluding diaryl/α,β-unsaturated/α-hetero) is 1. The Morgan fingerprint density at radius 1 is 1.11 bits per heavy atom. The third-order valence-corrected chi connectivity index (χ3v) is 8.20. The van der Waals surface area contributed by atoms with Gasteiger partial charge in [0, 0.05) is 10.8 Å². The number of rotatable bonds is 6. The fourth-order valence-electron chi connectivity index (χ4n) is 3.70. The highest BCUT2D eigenvalue weighted by molar-refractivity contribution is 7.92. The summed E-state index contributed by atoms with van der Waals surface area (Å²) >= 11 is 1.42. The number of carbonyl (C=O) groups excluding carboxylic acids is 2. The minimum absolute atomic E-state index is 0.0871. The molecule has 6 nitrogen and oxygen atoms in total. The van der Waals surface area contributed by atoms with Gasteiger partial charge >= 0.3 is 5.97 Å². The zero-order valence-corrected chi connectivity index (χ0v) is 17.5. The van der Waals surface area contributed by atoms with Crippen LogP contribution in [0, 0.1) is 11.8 Å². The third-order valence-electron chi connectivity index (χ3n) is 5.03. The molecule has 8 heteroatoms. The smallest absolute Gasteiger partial charge is 0.324 e. The monoisotopic (exact) mass is 421 g/mol. The summed E-state index contributed by atoms with van der Waals surface area (Å²) in [5, 5.41) is 3.71. The van der Waals surface area contributed by atoms with Crippen molar-refractivity contribution in [2.75, 3.05) is 7.11 Å². The normalized spacial score (nSPS) is 25.0. The second-order valence-electron chi connectivity index (χ2n) is 7.07. The fourth-order valence-corrected chi connectivity index (χ4v) is 6.60. The lowest BCUT2D eigenvalue weighted by molar-refractivity contribution is -0.142. The number of thiophene rings is 1. The number of benzene rings is 1. The molecule has 1 fully saturated rings. The molecule has 0 amide bonds. The maximum absolute atomic E-state index is 13.5. The molecule has 0 spiro atoms. The number of esters is 1. The molecule has 1 saturated heterocycles. The van der Waals surface area contributed by atoms with Crippen LogP contribution in [0.25, 0.3) is 0 Å². The molecule has 1 aliphatic rings. The molecular formula is C20H23NO5S2. The average molecular weight is 422 g/mol. The Morgan fingerprint density at radius 3 is 2.32 bits per heavy atom. The predicted octanol–water partition coefficient (Wildman–Crippen LogP) is 2.62. The van der Waals surface area contributed by atoms with E-state index in [2.05, 4.69) is 5.32 Å². The topological polar surface area (TPSA) is 89.5 Å². The summed E-state index contributed by atoms with van der Waals surface area (Å²) in [7, 11) is -2.76. The number of hydrogen-bond acceptors (Lipinski definition) is 7. The van der Waals surface area contributed by atoms with Gasteiger partial charge in [0.25, 0.3) is 0 Å². The number of methoxy groups -OCH3 is 1. The van der Waals surface area contributed by atoms with E-state index in [1.807, 2.05) is 17.5 Å². The highest BCUT2D eigenvalue weighted by Crippen LogP contribution is 2.42. The van der Waals surface area contributed by atoms with Crippen LogP contribution in [0.3, 0.4) is 0 Å². The van der Waals surface area contributed by atoms with E-state index in [9.17, 15) is 18.0 Å². The van der Waals surface area contributed by atoms with Crippen molar-refractivity contribution in [1.82, 2.24) is 5.32 Å². The van der Waals surface area contributed by atoms with E-state index in [1.54, 1.807) is 32.0 Å². The molecule has 0 radical (unpaired) electrons. The van der Waals surface area contributed by atoms with Gasteiger partial charge in [-0.15, -0.1) is 11.3 Å². The fraction of sp³-hybridized carbons (Fsp3) is 0.400. The summed E-state index contributed by atoms with van der Waals surface area (Å²) in [5.74, 6) is -2.15. The molecule has 150 valence electrons. The Morgan fingerprint density at radius 2 is 1.79 bits per heavy atom.